The smallest absolute Gasteiger partial charge is 0.310 e. The van der Waals surface area contributed by atoms with Crippen LogP contribution in [0.3, 0.4) is 0 Å². The van der Waals surface area contributed by atoms with E-state index in [4.69, 9.17) is 0 Å². The molecule has 1 aliphatic carbocycles. The number of fused-ring (bicyclic) bond motifs is 1. The summed E-state index contributed by atoms with van der Waals surface area (Å²) in [4.78, 5) is 15.9. The molecule has 1 fully saturated rings. The monoisotopic (exact) mass is 245 g/mol. The molecule has 3 rings (SSSR count). The normalized spacial score (nSPS) is 15.1. The van der Waals surface area contributed by atoms with Crippen molar-refractivity contribution in [3.05, 3.63) is 41.2 Å². The maximum Gasteiger partial charge on any atom is 0.350 e. The summed E-state index contributed by atoms with van der Waals surface area (Å²) < 4.78 is 2.91. The Labute approximate surface area is 104 Å². The quantitative estimate of drug-likeness (QED) is 0.764. The van der Waals surface area contributed by atoms with Crippen molar-refractivity contribution < 1.29 is 0 Å². The van der Waals surface area contributed by atoms with Crippen LogP contribution >= 0.6 is 0 Å². The van der Waals surface area contributed by atoms with Crippen molar-refractivity contribution in [2.45, 2.75) is 25.4 Å². The van der Waals surface area contributed by atoms with Crippen molar-refractivity contribution in [1.82, 2.24) is 24.5 Å². The predicted molar refractivity (Wildman–Crippen MR) is 67.4 cm³/mol. The molecule has 0 saturated heterocycles. The second kappa shape index (κ2) is 4.38. The number of nitrogens with one attached hydrogen (secondary N) is 1. The van der Waals surface area contributed by atoms with Crippen molar-refractivity contribution in [2.75, 3.05) is 6.54 Å². The highest BCUT2D eigenvalue weighted by atomic mass is 16.2. The van der Waals surface area contributed by atoms with E-state index < -0.39 is 0 Å². The number of nitrogens with zero attached hydrogens (tertiary/aromatic N) is 4. The van der Waals surface area contributed by atoms with Crippen molar-refractivity contribution in [1.29, 1.82) is 0 Å². The molecule has 0 aromatic carbocycles. The lowest BCUT2D eigenvalue weighted by molar-refractivity contribution is 0.618. The molecule has 0 spiro atoms. The van der Waals surface area contributed by atoms with Crippen molar-refractivity contribution in [3.63, 3.8) is 0 Å². The highest BCUT2D eigenvalue weighted by Crippen LogP contribution is 2.18. The average Bonchev–Trinajstić information content (AvgIpc) is 3.15. The van der Waals surface area contributed by atoms with Crippen LogP contribution in [0.2, 0.25) is 0 Å². The number of hydrogen-bond donors (Lipinski definition) is 1. The molecular weight excluding hydrogens is 230 g/mol. The van der Waals surface area contributed by atoms with Crippen LogP contribution in [0.15, 0.2) is 35.5 Å². The molecule has 2 aromatic heterocycles. The summed E-state index contributed by atoms with van der Waals surface area (Å²) in [5.41, 5.74) is 1.37. The van der Waals surface area contributed by atoms with Gasteiger partial charge in [-0.15, -0.1) is 5.10 Å². The van der Waals surface area contributed by atoms with Crippen molar-refractivity contribution in [2.24, 2.45) is 0 Å². The molecule has 0 atom stereocenters. The molecule has 18 heavy (non-hydrogen) atoms. The highest BCUT2D eigenvalue weighted by molar-refractivity contribution is 5.31. The van der Waals surface area contributed by atoms with Crippen LogP contribution in [-0.4, -0.2) is 31.8 Å². The van der Waals surface area contributed by atoms with E-state index in [1.807, 2.05) is 0 Å². The molecule has 6 nitrogen and oxygen atoms in total. The Hall–Kier alpha value is -1.95. The Morgan fingerprint density at radius 3 is 3.11 bits per heavy atom. The first-order valence-corrected chi connectivity index (χ1v) is 6.03. The summed E-state index contributed by atoms with van der Waals surface area (Å²) in [6, 6.07) is 0.642. The second-order valence-electron chi connectivity index (χ2n) is 4.65. The molecule has 2 aromatic rings. The minimum atomic E-state index is -0.153. The van der Waals surface area contributed by atoms with Crippen LogP contribution in [0.1, 0.15) is 12.8 Å². The average molecular weight is 245 g/mol. The molecule has 0 aliphatic heterocycles. The Bertz CT molecular complexity index is 637. The van der Waals surface area contributed by atoms with Gasteiger partial charge in [0.2, 0.25) is 0 Å². The summed E-state index contributed by atoms with van der Waals surface area (Å²) in [6.45, 7) is 5.16. The summed E-state index contributed by atoms with van der Waals surface area (Å²) >= 11 is 0. The van der Waals surface area contributed by atoms with E-state index in [9.17, 15) is 4.79 Å². The third-order valence-corrected chi connectivity index (χ3v) is 2.98. The summed E-state index contributed by atoms with van der Waals surface area (Å²) in [5, 5.41) is 7.58. The number of hydrogen-bond acceptors (Lipinski definition) is 4. The van der Waals surface area contributed by atoms with Crippen LogP contribution in [0, 0.1) is 0 Å². The van der Waals surface area contributed by atoms with E-state index in [2.05, 4.69) is 22.0 Å². The number of rotatable bonds is 5. The van der Waals surface area contributed by atoms with Crippen LogP contribution in [-0.2, 0) is 6.54 Å². The van der Waals surface area contributed by atoms with Gasteiger partial charge in [0.05, 0.1) is 12.7 Å². The van der Waals surface area contributed by atoms with E-state index in [0.717, 1.165) is 12.1 Å². The molecule has 0 unspecified atom stereocenters. The van der Waals surface area contributed by atoms with Crippen molar-refractivity contribution in [3.8, 4) is 0 Å². The maximum atomic E-state index is 12.0. The molecule has 1 N–H and O–H groups in total. The lowest BCUT2D eigenvalue weighted by Crippen LogP contribution is -2.26. The van der Waals surface area contributed by atoms with Gasteiger partial charge in [0, 0.05) is 25.0 Å². The van der Waals surface area contributed by atoms with Gasteiger partial charge in [-0.2, -0.15) is 0 Å². The highest BCUT2D eigenvalue weighted by Gasteiger charge is 2.20. The molecule has 6 heteroatoms. The Morgan fingerprint density at radius 2 is 2.39 bits per heavy atom. The molecule has 94 valence electrons. The Balaban J connectivity index is 1.75. The minimum Gasteiger partial charge on any atom is -0.310 e. The minimum absolute atomic E-state index is 0.153. The molecule has 0 amide bonds. The Morgan fingerprint density at radius 1 is 1.56 bits per heavy atom. The van der Waals surface area contributed by atoms with Crippen LogP contribution in [0.4, 0.5) is 0 Å². The largest absolute Gasteiger partial charge is 0.350 e. The van der Waals surface area contributed by atoms with Gasteiger partial charge in [0.25, 0.3) is 0 Å². The fourth-order valence-corrected chi connectivity index (χ4v) is 1.83. The van der Waals surface area contributed by atoms with Crippen LogP contribution in [0.5, 0.6) is 0 Å². The standard InChI is InChI=1S/C12H15N5O/c1-9(6-14-10-2-3-10)8-17-12(18)16-5-4-13-7-11(16)15-17/h4-5,7,10,14H,1-3,6,8H2. The third kappa shape index (κ3) is 2.19. The van der Waals surface area contributed by atoms with Gasteiger partial charge < -0.3 is 5.32 Å². The molecule has 1 aliphatic rings. The topological polar surface area (TPSA) is 64.2 Å². The van der Waals surface area contributed by atoms with Gasteiger partial charge in [-0.05, 0) is 18.4 Å². The third-order valence-electron chi connectivity index (χ3n) is 2.98. The molecule has 0 radical (unpaired) electrons. The SMILES string of the molecule is C=C(CNC1CC1)Cn1nc2cnccn2c1=O. The Kier molecular flexibility index (Phi) is 2.71. The van der Waals surface area contributed by atoms with Gasteiger partial charge in [0.1, 0.15) is 0 Å². The van der Waals surface area contributed by atoms with Gasteiger partial charge >= 0.3 is 5.69 Å². The van der Waals surface area contributed by atoms with Crippen LogP contribution in [0.25, 0.3) is 5.65 Å². The first-order valence-electron chi connectivity index (χ1n) is 6.03. The second-order valence-corrected chi connectivity index (χ2v) is 4.65. The first kappa shape index (κ1) is 11.2. The zero-order valence-corrected chi connectivity index (χ0v) is 10.0. The first-order chi connectivity index (χ1) is 8.74. The molecule has 2 heterocycles. The van der Waals surface area contributed by atoms with Gasteiger partial charge in [-0.25, -0.2) is 13.9 Å². The molecule has 0 bridgehead atoms. The van der Waals surface area contributed by atoms with E-state index in [1.165, 1.54) is 21.9 Å². The van der Waals surface area contributed by atoms with E-state index >= 15 is 0 Å². The zero-order valence-electron chi connectivity index (χ0n) is 10.0. The summed E-state index contributed by atoms with van der Waals surface area (Å²) in [5.74, 6) is 0. The van der Waals surface area contributed by atoms with Crippen LogP contribution < -0.4 is 11.0 Å². The van der Waals surface area contributed by atoms with Crippen molar-refractivity contribution >= 4 is 5.65 Å². The fourth-order valence-electron chi connectivity index (χ4n) is 1.83. The van der Waals surface area contributed by atoms with E-state index in [0.29, 0.717) is 18.2 Å². The van der Waals surface area contributed by atoms with Gasteiger partial charge in [0.15, 0.2) is 5.65 Å². The lowest BCUT2D eigenvalue weighted by atomic mass is 10.3. The molecule has 1 saturated carbocycles. The number of aromatic nitrogens is 4. The van der Waals surface area contributed by atoms with Gasteiger partial charge in [-0.1, -0.05) is 6.58 Å². The van der Waals surface area contributed by atoms with Gasteiger partial charge in [-0.3, -0.25) is 4.98 Å². The van der Waals surface area contributed by atoms with E-state index in [1.54, 1.807) is 18.6 Å². The fraction of sp³-hybridized carbons (Fsp3) is 0.417. The summed E-state index contributed by atoms with van der Waals surface area (Å²) in [7, 11) is 0. The zero-order chi connectivity index (χ0) is 12.5. The summed E-state index contributed by atoms with van der Waals surface area (Å²) in [6.07, 6.45) is 7.25. The lowest BCUT2D eigenvalue weighted by Gasteiger charge is -2.05. The molecular formula is C12H15N5O. The maximum absolute atomic E-state index is 12.0. The predicted octanol–water partition coefficient (Wildman–Crippen LogP) is 0.199. The van der Waals surface area contributed by atoms with E-state index in [-0.39, 0.29) is 5.69 Å².